The van der Waals surface area contributed by atoms with E-state index < -0.39 is 0 Å². The van der Waals surface area contributed by atoms with Crippen LogP contribution in [0.25, 0.3) is 0 Å². The Bertz CT molecular complexity index is 435. The Morgan fingerprint density at radius 3 is 2.86 bits per heavy atom. The molecule has 0 aliphatic carbocycles. The molecule has 4 heteroatoms. The van der Waals surface area contributed by atoms with Gasteiger partial charge in [-0.1, -0.05) is 30.7 Å². The summed E-state index contributed by atoms with van der Waals surface area (Å²) in [5.74, 6) is 0. The smallest absolute Gasteiger partial charge is 0.0702 e. The van der Waals surface area contributed by atoms with E-state index in [-0.39, 0.29) is 12.1 Å². The molecule has 1 aliphatic heterocycles. The molecule has 1 fully saturated rings. The van der Waals surface area contributed by atoms with Crippen LogP contribution in [0.4, 0.5) is 0 Å². The minimum atomic E-state index is 0.0945. The third-order valence-corrected chi connectivity index (χ3v) is 4.54. The van der Waals surface area contributed by atoms with Crippen LogP contribution in [0, 0.1) is 0 Å². The summed E-state index contributed by atoms with van der Waals surface area (Å²) in [6, 6.07) is 8.32. The predicted molar refractivity (Wildman–Crippen MR) is 88.7 cm³/mol. The molecule has 2 rings (SSSR count). The van der Waals surface area contributed by atoms with E-state index in [1.165, 1.54) is 18.4 Å². The number of ether oxygens (including phenoxy) is 1. The summed E-state index contributed by atoms with van der Waals surface area (Å²) in [7, 11) is 2.14. The number of likely N-dealkylation sites (N-methyl/N-ethyl adjacent to an activating group) is 1. The first-order chi connectivity index (χ1) is 10.1. The summed E-state index contributed by atoms with van der Waals surface area (Å²) in [4.78, 5) is 2.33. The lowest BCUT2D eigenvalue weighted by molar-refractivity contribution is -0.0104. The molecule has 3 atom stereocenters. The summed E-state index contributed by atoms with van der Waals surface area (Å²) in [5.41, 5.74) is 7.57. The maximum absolute atomic E-state index is 6.38. The summed E-state index contributed by atoms with van der Waals surface area (Å²) in [6.07, 6.45) is 4.86. The second kappa shape index (κ2) is 8.14. The SMILES string of the molecule is CCC(N)C(c1cccc(Cl)c1)N(C)CC1CCCCO1. The van der Waals surface area contributed by atoms with Crippen molar-refractivity contribution in [3.63, 3.8) is 0 Å². The van der Waals surface area contributed by atoms with E-state index in [4.69, 9.17) is 22.1 Å². The van der Waals surface area contributed by atoms with Gasteiger partial charge in [0, 0.05) is 30.3 Å². The van der Waals surface area contributed by atoms with Gasteiger partial charge in [0.15, 0.2) is 0 Å². The van der Waals surface area contributed by atoms with Crippen molar-refractivity contribution >= 4 is 11.6 Å². The van der Waals surface area contributed by atoms with Crippen LogP contribution >= 0.6 is 11.6 Å². The highest BCUT2D eigenvalue weighted by molar-refractivity contribution is 6.30. The Morgan fingerprint density at radius 1 is 1.43 bits per heavy atom. The van der Waals surface area contributed by atoms with Gasteiger partial charge in [0.1, 0.15) is 0 Å². The molecular formula is C17H27ClN2O. The van der Waals surface area contributed by atoms with E-state index >= 15 is 0 Å². The average molecular weight is 311 g/mol. The third kappa shape index (κ3) is 4.68. The third-order valence-electron chi connectivity index (χ3n) is 4.31. The van der Waals surface area contributed by atoms with Gasteiger partial charge in [-0.2, -0.15) is 0 Å². The van der Waals surface area contributed by atoms with Crippen molar-refractivity contribution in [2.75, 3.05) is 20.2 Å². The van der Waals surface area contributed by atoms with Gasteiger partial charge < -0.3 is 10.5 Å². The molecule has 0 amide bonds. The van der Waals surface area contributed by atoms with Crippen molar-refractivity contribution in [2.45, 2.75) is 50.8 Å². The molecule has 1 saturated heterocycles. The number of halogens is 1. The van der Waals surface area contributed by atoms with Crippen LogP contribution in [-0.2, 0) is 4.74 Å². The van der Waals surface area contributed by atoms with Gasteiger partial charge >= 0.3 is 0 Å². The zero-order valence-electron chi connectivity index (χ0n) is 13.1. The van der Waals surface area contributed by atoms with E-state index in [1.807, 2.05) is 18.2 Å². The van der Waals surface area contributed by atoms with Crippen LogP contribution in [0.5, 0.6) is 0 Å². The molecule has 1 aliphatic rings. The molecule has 2 N–H and O–H groups in total. The van der Waals surface area contributed by atoms with Crippen LogP contribution < -0.4 is 5.73 Å². The lowest BCUT2D eigenvalue weighted by Crippen LogP contribution is -2.43. The molecule has 1 heterocycles. The lowest BCUT2D eigenvalue weighted by Gasteiger charge is -2.36. The van der Waals surface area contributed by atoms with Crippen LogP contribution in [0.2, 0.25) is 5.02 Å². The zero-order chi connectivity index (χ0) is 15.2. The molecule has 0 bridgehead atoms. The second-order valence-corrected chi connectivity index (χ2v) is 6.44. The van der Waals surface area contributed by atoms with Crippen LogP contribution in [0.3, 0.4) is 0 Å². The van der Waals surface area contributed by atoms with Crippen molar-refractivity contribution in [1.29, 1.82) is 0 Å². The predicted octanol–water partition coefficient (Wildman–Crippen LogP) is 3.62. The Labute approximate surface area is 133 Å². The quantitative estimate of drug-likeness (QED) is 0.872. The van der Waals surface area contributed by atoms with Gasteiger partial charge in [0.25, 0.3) is 0 Å². The molecule has 0 aromatic heterocycles. The summed E-state index contributed by atoms with van der Waals surface area (Å²) in [5, 5.41) is 0.767. The largest absolute Gasteiger partial charge is 0.377 e. The Hall–Kier alpha value is -0.610. The highest BCUT2D eigenvalue weighted by atomic mass is 35.5. The molecule has 0 spiro atoms. The number of benzene rings is 1. The molecule has 1 aromatic rings. The number of nitrogens with two attached hydrogens (primary N) is 1. The fourth-order valence-corrected chi connectivity index (χ4v) is 3.33. The Kier molecular flexibility index (Phi) is 6.49. The van der Waals surface area contributed by atoms with Gasteiger partial charge in [0.05, 0.1) is 6.10 Å². The summed E-state index contributed by atoms with van der Waals surface area (Å²) < 4.78 is 5.86. The highest BCUT2D eigenvalue weighted by Gasteiger charge is 2.26. The molecule has 1 aromatic carbocycles. The molecule has 3 unspecified atom stereocenters. The molecule has 0 saturated carbocycles. The Balaban J connectivity index is 2.11. The van der Waals surface area contributed by atoms with Crippen molar-refractivity contribution in [3.05, 3.63) is 34.9 Å². The molecule has 3 nitrogen and oxygen atoms in total. The summed E-state index contributed by atoms with van der Waals surface area (Å²) >= 11 is 6.15. The first-order valence-corrected chi connectivity index (χ1v) is 8.32. The first-order valence-electron chi connectivity index (χ1n) is 7.94. The molecule has 21 heavy (non-hydrogen) atoms. The fourth-order valence-electron chi connectivity index (χ4n) is 3.13. The van der Waals surface area contributed by atoms with E-state index in [9.17, 15) is 0 Å². The van der Waals surface area contributed by atoms with Crippen LogP contribution in [0.15, 0.2) is 24.3 Å². The number of nitrogens with zero attached hydrogens (tertiary/aromatic N) is 1. The van der Waals surface area contributed by atoms with E-state index in [0.717, 1.165) is 31.0 Å². The maximum atomic E-state index is 6.38. The van der Waals surface area contributed by atoms with Gasteiger partial charge in [-0.05, 0) is 50.4 Å². The number of hydrogen-bond acceptors (Lipinski definition) is 3. The number of hydrogen-bond donors (Lipinski definition) is 1. The molecule has 118 valence electrons. The van der Waals surface area contributed by atoms with E-state index in [0.29, 0.717) is 6.10 Å². The molecular weight excluding hydrogens is 284 g/mol. The fraction of sp³-hybridized carbons (Fsp3) is 0.647. The van der Waals surface area contributed by atoms with Gasteiger partial charge in [0.2, 0.25) is 0 Å². The van der Waals surface area contributed by atoms with E-state index in [2.05, 4.69) is 24.9 Å². The topological polar surface area (TPSA) is 38.5 Å². The van der Waals surface area contributed by atoms with Crippen molar-refractivity contribution < 1.29 is 4.74 Å². The monoisotopic (exact) mass is 310 g/mol. The Morgan fingerprint density at radius 2 is 2.24 bits per heavy atom. The molecule has 0 radical (unpaired) electrons. The van der Waals surface area contributed by atoms with Gasteiger partial charge in [-0.15, -0.1) is 0 Å². The second-order valence-electron chi connectivity index (χ2n) is 6.00. The van der Waals surface area contributed by atoms with Crippen LogP contribution in [-0.4, -0.2) is 37.2 Å². The first kappa shape index (κ1) is 16.8. The van der Waals surface area contributed by atoms with E-state index in [1.54, 1.807) is 0 Å². The normalized spacial score (nSPS) is 22.2. The van der Waals surface area contributed by atoms with Crippen LogP contribution in [0.1, 0.15) is 44.2 Å². The summed E-state index contributed by atoms with van der Waals surface area (Å²) in [6.45, 7) is 3.94. The number of rotatable bonds is 6. The zero-order valence-corrected chi connectivity index (χ0v) is 13.9. The van der Waals surface area contributed by atoms with Crippen molar-refractivity contribution in [1.82, 2.24) is 4.90 Å². The lowest BCUT2D eigenvalue weighted by atomic mass is 9.96. The van der Waals surface area contributed by atoms with Gasteiger partial charge in [-0.25, -0.2) is 0 Å². The van der Waals surface area contributed by atoms with Crippen molar-refractivity contribution in [3.8, 4) is 0 Å². The minimum absolute atomic E-state index is 0.0945. The average Bonchev–Trinajstić information content (AvgIpc) is 2.48. The maximum Gasteiger partial charge on any atom is 0.0702 e. The standard InChI is InChI=1S/C17H27ClN2O/c1-3-16(19)17(13-7-6-8-14(18)11-13)20(2)12-15-9-4-5-10-21-15/h6-8,11,15-17H,3-5,9-10,12,19H2,1-2H3. The highest BCUT2D eigenvalue weighted by Crippen LogP contribution is 2.27. The van der Waals surface area contributed by atoms with Gasteiger partial charge in [-0.3, -0.25) is 4.90 Å². The minimum Gasteiger partial charge on any atom is -0.377 e. The van der Waals surface area contributed by atoms with Crippen molar-refractivity contribution in [2.24, 2.45) is 5.73 Å².